The fourth-order valence-electron chi connectivity index (χ4n) is 2.33. The number of rotatable bonds is 8. The maximum atomic E-state index is 11.0. The lowest BCUT2D eigenvalue weighted by molar-refractivity contribution is -0.384. The summed E-state index contributed by atoms with van der Waals surface area (Å²) in [6.07, 6.45) is 0. The molecule has 9 nitrogen and oxygen atoms in total. The highest BCUT2D eigenvalue weighted by atomic mass is 16.6. The first kappa shape index (κ1) is 17.4. The molecule has 0 atom stereocenters. The fourth-order valence-corrected chi connectivity index (χ4v) is 2.33. The number of aliphatic hydroxyl groups excluding tert-OH is 1. The Kier molecular flexibility index (Phi) is 5.40. The van der Waals surface area contributed by atoms with Crippen LogP contribution in [0.5, 0.6) is 0 Å². The third-order valence-corrected chi connectivity index (χ3v) is 3.56. The van der Waals surface area contributed by atoms with Crippen LogP contribution < -0.4 is 10.6 Å². The van der Waals surface area contributed by atoms with E-state index in [0.717, 1.165) is 5.56 Å². The average molecular weight is 355 g/mol. The highest BCUT2D eigenvalue weighted by Crippen LogP contribution is 2.27. The monoisotopic (exact) mass is 355 g/mol. The van der Waals surface area contributed by atoms with Crippen molar-refractivity contribution in [3.05, 3.63) is 64.5 Å². The number of aromatic nitrogens is 2. The Balaban J connectivity index is 1.75. The number of aliphatic hydroxyl groups is 1. The van der Waals surface area contributed by atoms with Crippen molar-refractivity contribution in [3.8, 4) is 11.5 Å². The van der Waals surface area contributed by atoms with Gasteiger partial charge in [0.1, 0.15) is 0 Å². The van der Waals surface area contributed by atoms with Crippen molar-refractivity contribution in [2.45, 2.75) is 6.54 Å². The van der Waals surface area contributed by atoms with Gasteiger partial charge in [0, 0.05) is 24.2 Å². The molecular weight excluding hydrogens is 338 g/mol. The second-order valence-corrected chi connectivity index (χ2v) is 5.36. The third-order valence-electron chi connectivity index (χ3n) is 3.56. The molecular formula is C17H17N5O4. The van der Waals surface area contributed by atoms with Crippen LogP contribution in [-0.4, -0.2) is 33.4 Å². The summed E-state index contributed by atoms with van der Waals surface area (Å²) < 4.78 is 5.61. The second kappa shape index (κ2) is 8.08. The molecule has 2 aromatic carbocycles. The Bertz CT molecular complexity index is 882. The van der Waals surface area contributed by atoms with Gasteiger partial charge >= 0.3 is 0 Å². The van der Waals surface area contributed by atoms with E-state index in [1.165, 1.54) is 12.1 Å². The predicted molar refractivity (Wildman–Crippen MR) is 95.7 cm³/mol. The van der Waals surface area contributed by atoms with Gasteiger partial charge in [0.05, 0.1) is 29.4 Å². The van der Waals surface area contributed by atoms with Crippen LogP contribution in [0.2, 0.25) is 0 Å². The summed E-state index contributed by atoms with van der Waals surface area (Å²) in [6.45, 7) is 0.473. The maximum Gasteiger partial charge on any atom is 0.271 e. The molecule has 3 N–H and O–H groups in total. The lowest BCUT2D eigenvalue weighted by Crippen LogP contribution is -2.09. The molecule has 0 unspecified atom stereocenters. The molecule has 0 fully saturated rings. The molecule has 0 amide bonds. The standard InChI is InChI=1S/C17H17N5O4/c23-9-8-18-14-7-6-13(22(24)25)10-15(14)19-11-16-20-21-17(26-16)12-4-2-1-3-5-12/h1-7,10,18-19,23H,8-9,11H2. The molecule has 0 radical (unpaired) electrons. The van der Waals surface area contributed by atoms with E-state index in [-0.39, 0.29) is 18.8 Å². The molecule has 9 heteroatoms. The minimum atomic E-state index is -0.471. The molecule has 3 rings (SSSR count). The van der Waals surface area contributed by atoms with Crippen LogP contribution in [0.15, 0.2) is 52.9 Å². The Hall–Kier alpha value is -3.46. The van der Waals surface area contributed by atoms with Gasteiger partial charge in [0.25, 0.3) is 5.69 Å². The highest BCUT2D eigenvalue weighted by molar-refractivity contribution is 5.71. The van der Waals surface area contributed by atoms with Gasteiger partial charge in [-0.3, -0.25) is 10.1 Å². The Morgan fingerprint density at radius 2 is 1.88 bits per heavy atom. The Labute approximate surface area is 148 Å². The summed E-state index contributed by atoms with van der Waals surface area (Å²) in [5, 5.41) is 34.0. The molecule has 0 saturated carbocycles. The van der Waals surface area contributed by atoms with Crippen LogP contribution in [0.3, 0.4) is 0 Å². The van der Waals surface area contributed by atoms with Crippen molar-refractivity contribution in [2.75, 3.05) is 23.8 Å². The molecule has 3 aromatic rings. The predicted octanol–water partition coefficient (Wildman–Crippen LogP) is 2.66. The zero-order valence-corrected chi connectivity index (χ0v) is 13.8. The molecule has 0 aliphatic carbocycles. The van der Waals surface area contributed by atoms with E-state index in [2.05, 4.69) is 20.8 Å². The fraction of sp³-hybridized carbons (Fsp3) is 0.176. The summed E-state index contributed by atoms with van der Waals surface area (Å²) in [4.78, 5) is 10.5. The van der Waals surface area contributed by atoms with Crippen LogP contribution in [0.25, 0.3) is 11.5 Å². The molecule has 0 saturated heterocycles. The van der Waals surface area contributed by atoms with Gasteiger partial charge in [0.15, 0.2) is 0 Å². The number of anilines is 2. The van der Waals surface area contributed by atoms with Crippen LogP contribution in [0.1, 0.15) is 5.89 Å². The number of nitrogens with zero attached hydrogens (tertiary/aromatic N) is 3. The summed E-state index contributed by atoms with van der Waals surface area (Å²) >= 11 is 0. The van der Waals surface area contributed by atoms with Gasteiger partial charge in [-0.25, -0.2) is 0 Å². The van der Waals surface area contributed by atoms with E-state index >= 15 is 0 Å². The zero-order chi connectivity index (χ0) is 18.4. The number of hydrogen-bond donors (Lipinski definition) is 3. The van der Waals surface area contributed by atoms with Crippen molar-refractivity contribution < 1.29 is 14.4 Å². The lowest BCUT2D eigenvalue weighted by Gasteiger charge is -2.12. The molecule has 1 aromatic heterocycles. The number of hydrogen-bond acceptors (Lipinski definition) is 8. The molecule has 1 heterocycles. The van der Waals surface area contributed by atoms with Crippen molar-refractivity contribution >= 4 is 17.1 Å². The highest BCUT2D eigenvalue weighted by Gasteiger charge is 2.13. The zero-order valence-electron chi connectivity index (χ0n) is 13.8. The van der Waals surface area contributed by atoms with Crippen LogP contribution in [-0.2, 0) is 6.54 Å². The molecule has 0 aliphatic rings. The quantitative estimate of drug-likeness (QED) is 0.416. The smallest absolute Gasteiger partial charge is 0.271 e. The van der Waals surface area contributed by atoms with E-state index in [4.69, 9.17) is 9.52 Å². The minimum absolute atomic E-state index is 0.0439. The van der Waals surface area contributed by atoms with E-state index in [0.29, 0.717) is 29.7 Å². The first-order valence-corrected chi connectivity index (χ1v) is 7.92. The normalized spacial score (nSPS) is 10.5. The number of nitrogens with one attached hydrogen (secondary N) is 2. The number of benzene rings is 2. The van der Waals surface area contributed by atoms with Gasteiger partial charge < -0.3 is 20.2 Å². The van der Waals surface area contributed by atoms with Gasteiger partial charge in [-0.15, -0.1) is 10.2 Å². The van der Waals surface area contributed by atoms with E-state index in [1.807, 2.05) is 30.3 Å². The Morgan fingerprint density at radius 3 is 2.62 bits per heavy atom. The van der Waals surface area contributed by atoms with Gasteiger partial charge in [-0.2, -0.15) is 0 Å². The topological polar surface area (TPSA) is 126 Å². The maximum absolute atomic E-state index is 11.0. The second-order valence-electron chi connectivity index (χ2n) is 5.36. The Morgan fingerprint density at radius 1 is 1.08 bits per heavy atom. The van der Waals surface area contributed by atoms with Crippen molar-refractivity contribution in [3.63, 3.8) is 0 Å². The summed E-state index contributed by atoms with van der Waals surface area (Å²) in [5.41, 5.74) is 1.91. The van der Waals surface area contributed by atoms with Crippen LogP contribution in [0.4, 0.5) is 17.1 Å². The molecule has 26 heavy (non-hydrogen) atoms. The summed E-state index contributed by atoms with van der Waals surface area (Å²) in [7, 11) is 0. The first-order chi connectivity index (χ1) is 12.7. The third kappa shape index (κ3) is 4.14. The van der Waals surface area contributed by atoms with Crippen molar-refractivity contribution in [2.24, 2.45) is 0 Å². The molecule has 0 aliphatic heterocycles. The first-order valence-electron chi connectivity index (χ1n) is 7.92. The van der Waals surface area contributed by atoms with E-state index in [9.17, 15) is 10.1 Å². The van der Waals surface area contributed by atoms with Gasteiger partial charge in [-0.1, -0.05) is 18.2 Å². The SMILES string of the molecule is O=[N+]([O-])c1ccc(NCCO)c(NCc2nnc(-c3ccccc3)o2)c1. The van der Waals surface area contributed by atoms with Gasteiger partial charge in [0.2, 0.25) is 11.8 Å². The largest absolute Gasteiger partial charge is 0.419 e. The molecule has 0 spiro atoms. The van der Waals surface area contributed by atoms with E-state index < -0.39 is 4.92 Å². The minimum Gasteiger partial charge on any atom is -0.419 e. The summed E-state index contributed by atoms with van der Waals surface area (Å²) in [6, 6.07) is 13.8. The molecule has 134 valence electrons. The average Bonchev–Trinajstić information content (AvgIpc) is 3.14. The van der Waals surface area contributed by atoms with Crippen LogP contribution >= 0.6 is 0 Å². The van der Waals surface area contributed by atoms with E-state index in [1.54, 1.807) is 6.07 Å². The number of non-ortho nitro benzene ring substituents is 1. The number of nitro groups is 1. The van der Waals surface area contributed by atoms with Gasteiger partial charge in [-0.05, 0) is 18.2 Å². The van der Waals surface area contributed by atoms with Crippen LogP contribution in [0, 0.1) is 10.1 Å². The number of nitro benzene ring substituents is 1. The lowest BCUT2D eigenvalue weighted by atomic mass is 10.2. The van der Waals surface area contributed by atoms with Crippen molar-refractivity contribution in [1.29, 1.82) is 0 Å². The summed E-state index contributed by atoms with van der Waals surface area (Å²) in [5.74, 6) is 0.753. The van der Waals surface area contributed by atoms with Crippen molar-refractivity contribution in [1.82, 2.24) is 10.2 Å². The molecule has 0 bridgehead atoms.